The number of rotatable bonds is 5. The predicted octanol–water partition coefficient (Wildman–Crippen LogP) is 1.88. The van der Waals surface area contributed by atoms with Crippen molar-refractivity contribution < 1.29 is 14.2 Å². The van der Waals surface area contributed by atoms with Crippen LogP contribution in [-0.4, -0.2) is 33.6 Å². The van der Waals surface area contributed by atoms with E-state index in [1.165, 1.54) is 12.1 Å². The fraction of sp³-hybridized carbons (Fsp3) is 0.333. The number of benzene rings is 1. The van der Waals surface area contributed by atoms with Crippen LogP contribution in [0.15, 0.2) is 18.2 Å². The first-order valence-electron chi connectivity index (χ1n) is 5.65. The van der Waals surface area contributed by atoms with Gasteiger partial charge < -0.3 is 14.4 Å². The molecule has 1 aromatic heterocycles. The van der Waals surface area contributed by atoms with Crippen molar-refractivity contribution in [1.29, 1.82) is 0 Å². The molecule has 0 fully saturated rings. The summed E-state index contributed by atoms with van der Waals surface area (Å²) in [4.78, 5) is 0. The van der Waals surface area contributed by atoms with Crippen LogP contribution >= 0.6 is 11.6 Å². The summed E-state index contributed by atoms with van der Waals surface area (Å²) in [5.74, 6) is 0.138. The normalized spacial score (nSPS) is 10.9. The zero-order chi connectivity index (χ0) is 13.8. The average molecular weight is 286 g/mol. The first-order chi connectivity index (χ1) is 9.19. The van der Waals surface area contributed by atoms with Gasteiger partial charge in [0.05, 0.1) is 17.2 Å². The molecular weight excluding hydrogens is 273 g/mol. The van der Waals surface area contributed by atoms with Crippen molar-refractivity contribution in [2.45, 2.75) is 13.2 Å². The van der Waals surface area contributed by atoms with Gasteiger partial charge in [-0.05, 0) is 12.1 Å². The minimum Gasteiger partial charge on any atom is -0.388 e. The molecule has 1 N–H and O–H groups in total. The number of ether oxygens (including phenoxy) is 1. The van der Waals surface area contributed by atoms with Crippen LogP contribution in [0.2, 0.25) is 5.02 Å². The van der Waals surface area contributed by atoms with Gasteiger partial charge in [0.2, 0.25) is 0 Å². The third-order valence-electron chi connectivity index (χ3n) is 2.67. The maximum Gasteiger partial charge on any atom is 0.168 e. The molecule has 2 aromatic rings. The molecule has 19 heavy (non-hydrogen) atoms. The zero-order valence-corrected chi connectivity index (χ0v) is 11.1. The number of aliphatic hydroxyl groups is 1. The molecule has 0 saturated heterocycles. The second-order valence-electron chi connectivity index (χ2n) is 3.84. The number of aliphatic hydroxyl groups excluding tert-OH is 1. The van der Waals surface area contributed by atoms with Crippen molar-refractivity contribution >= 4 is 11.6 Å². The molecule has 5 nitrogen and oxygen atoms in total. The number of hydrogen-bond acceptors (Lipinski definition) is 4. The molecule has 0 spiro atoms. The van der Waals surface area contributed by atoms with Gasteiger partial charge in [-0.25, -0.2) is 4.39 Å². The van der Waals surface area contributed by atoms with Gasteiger partial charge in [-0.15, -0.1) is 10.2 Å². The van der Waals surface area contributed by atoms with Crippen LogP contribution in [0.4, 0.5) is 4.39 Å². The molecule has 0 radical (unpaired) electrons. The van der Waals surface area contributed by atoms with Gasteiger partial charge in [-0.3, -0.25) is 0 Å². The molecule has 1 aromatic carbocycles. The minimum absolute atomic E-state index is 0.174. The van der Waals surface area contributed by atoms with Gasteiger partial charge >= 0.3 is 0 Å². The highest BCUT2D eigenvalue weighted by Gasteiger charge is 2.18. The van der Waals surface area contributed by atoms with Crippen LogP contribution in [0.25, 0.3) is 11.4 Å². The van der Waals surface area contributed by atoms with Gasteiger partial charge in [-0.2, -0.15) is 0 Å². The Morgan fingerprint density at radius 2 is 2.21 bits per heavy atom. The van der Waals surface area contributed by atoms with Crippen molar-refractivity contribution in [2.75, 3.05) is 13.7 Å². The maximum absolute atomic E-state index is 13.9. The van der Waals surface area contributed by atoms with E-state index in [9.17, 15) is 9.50 Å². The molecule has 1 heterocycles. The van der Waals surface area contributed by atoms with E-state index in [-0.39, 0.29) is 23.0 Å². The Hall–Kier alpha value is -1.50. The van der Waals surface area contributed by atoms with E-state index in [0.29, 0.717) is 19.0 Å². The molecule has 102 valence electrons. The highest BCUT2D eigenvalue weighted by molar-refractivity contribution is 6.33. The minimum atomic E-state index is -0.483. The van der Waals surface area contributed by atoms with Crippen LogP contribution in [-0.2, 0) is 17.9 Å². The Morgan fingerprint density at radius 3 is 2.84 bits per heavy atom. The Labute approximate surface area is 114 Å². The van der Waals surface area contributed by atoms with E-state index < -0.39 is 5.82 Å². The van der Waals surface area contributed by atoms with Crippen molar-refractivity contribution in [2.24, 2.45) is 0 Å². The van der Waals surface area contributed by atoms with E-state index in [1.807, 2.05) is 0 Å². The fourth-order valence-electron chi connectivity index (χ4n) is 1.77. The van der Waals surface area contributed by atoms with E-state index in [1.54, 1.807) is 17.7 Å². The lowest BCUT2D eigenvalue weighted by Gasteiger charge is -2.10. The van der Waals surface area contributed by atoms with E-state index in [2.05, 4.69) is 10.2 Å². The lowest BCUT2D eigenvalue weighted by molar-refractivity contribution is 0.183. The number of methoxy groups -OCH3 is 1. The summed E-state index contributed by atoms with van der Waals surface area (Å²) in [7, 11) is 1.55. The Bertz CT molecular complexity index is 554. The molecular formula is C12H13ClFN3O2. The molecule has 0 unspecified atom stereocenters. The summed E-state index contributed by atoms with van der Waals surface area (Å²) in [5, 5.41) is 17.2. The smallest absolute Gasteiger partial charge is 0.168 e. The third kappa shape index (κ3) is 2.75. The first-order valence-corrected chi connectivity index (χ1v) is 6.03. The lowest BCUT2D eigenvalue weighted by atomic mass is 10.2. The molecule has 0 aliphatic carbocycles. The van der Waals surface area contributed by atoms with Crippen LogP contribution in [0.5, 0.6) is 0 Å². The van der Waals surface area contributed by atoms with Gasteiger partial charge in [0, 0.05) is 13.7 Å². The van der Waals surface area contributed by atoms with E-state index >= 15 is 0 Å². The summed E-state index contributed by atoms with van der Waals surface area (Å²) in [6.45, 7) is 0.506. The molecule has 0 atom stereocenters. The summed E-state index contributed by atoms with van der Waals surface area (Å²) < 4.78 is 20.5. The summed E-state index contributed by atoms with van der Waals surface area (Å²) in [6.07, 6.45) is 0. The molecule has 0 bridgehead atoms. The maximum atomic E-state index is 13.9. The Balaban J connectivity index is 2.52. The monoisotopic (exact) mass is 285 g/mol. The highest BCUT2D eigenvalue weighted by atomic mass is 35.5. The van der Waals surface area contributed by atoms with Gasteiger partial charge in [0.15, 0.2) is 11.6 Å². The van der Waals surface area contributed by atoms with Crippen LogP contribution in [0.3, 0.4) is 0 Å². The molecule has 0 aliphatic heterocycles. The molecule has 2 rings (SSSR count). The standard InChI is InChI=1S/C12H13ClFN3O2/c1-19-6-5-17-10(7-18)15-16-12(17)11-8(13)3-2-4-9(11)14/h2-4,18H,5-7H2,1H3. The second-order valence-corrected chi connectivity index (χ2v) is 4.25. The quantitative estimate of drug-likeness (QED) is 0.911. The van der Waals surface area contributed by atoms with Gasteiger partial charge in [0.1, 0.15) is 12.4 Å². The average Bonchev–Trinajstić information content (AvgIpc) is 2.79. The van der Waals surface area contributed by atoms with Crippen molar-refractivity contribution in [3.8, 4) is 11.4 Å². The highest BCUT2D eigenvalue weighted by Crippen LogP contribution is 2.29. The Morgan fingerprint density at radius 1 is 1.42 bits per heavy atom. The zero-order valence-electron chi connectivity index (χ0n) is 10.3. The number of halogens is 2. The topological polar surface area (TPSA) is 60.2 Å². The van der Waals surface area contributed by atoms with Crippen molar-refractivity contribution in [3.63, 3.8) is 0 Å². The Kier molecular flexibility index (Phi) is 4.47. The molecule has 0 aliphatic rings. The number of hydrogen-bond donors (Lipinski definition) is 1. The second kappa shape index (κ2) is 6.10. The molecule has 0 amide bonds. The summed E-state index contributed by atoms with van der Waals surface area (Å²) >= 11 is 6.01. The van der Waals surface area contributed by atoms with Crippen LogP contribution < -0.4 is 0 Å². The van der Waals surface area contributed by atoms with Gasteiger partial charge in [-0.1, -0.05) is 17.7 Å². The third-order valence-corrected chi connectivity index (χ3v) is 2.99. The summed E-state index contributed by atoms with van der Waals surface area (Å²) in [5.41, 5.74) is 0.174. The van der Waals surface area contributed by atoms with Crippen LogP contribution in [0, 0.1) is 5.82 Å². The largest absolute Gasteiger partial charge is 0.388 e. The van der Waals surface area contributed by atoms with Gasteiger partial charge in [0.25, 0.3) is 0 Å². The summed E-state index contributed by atoms with van der Waals surface area (Å²) in [6, 6.07) is 4.40. The lowest BCUT2D eigenvalue weighted by Crippen LogP contribution is -2.10. The van der Waals surface area contributed by atoms with Crippen LogP contribution in [0.1, 0.15) is 5.82 Å². The van der Waals surface area contributed by atoms with Crippen molar-refractivity contribution in [3.05, 3.63) is 34.9 Å². The number of nitrogens with zero attached hydrogens (tertiary/aromatic N) is 3. The SMILES string of the molecule is COCCn1c(CO)nnc1-c1c(F)cccc1Cl. The molecule has 0 saturated carbocycles. The number of aromatic nitrogens is 3. The fourth-order valence-corrected chi connectivity index (χ4v) is 2.01. The van der Waals surface area contributed by atoms with E-state index in [0.717, 1.165) is 0 Å². The van der Waals surface area contributed by atoms with E-state index in [4.69, 9.17) is 16.3 Å². The first kappa shape index (κ1) is 13.9. The van der Waals surface area contributed by atoms with Crippen molar-refractivity contribution in [1.82, 2.24) is 14.8 Å². The predicted molar refractivity (Wildman–Crippen MR) is 68.2 cm³/mol. The molecule has 7 heteroatoms.